The predicted molar refractivity (Wildman–Crippen MR) is 255 cm³/mol. The largest absolute Gasteiger partial charge is 0.453 e. The van der Waals surface area contributed by atoms with Gasteiger partial charge >= 0.3 is 6.85 Å². The van der Waals surface area contributed by atoms with Crippen molar-refractivity contribution in [1.29, 1.82) is 0 Å². The Bertz CT molecular complexity index is 3080. The lowest BCUT2D eigenvalue weighted by Gasteiger charge is -2.48. The topological polar surface area (TPSA) is 20.6 Å². The molecule has 0 aliphatic carbocycles. The highest BCUT2D eigenvalue weighted by molar-refractivity contribution is 6.94. The second-order valence-corrected chi connectivity index (χ2v) is 20.4. The molecule has 3 aliphatic rings. The molecule has 4 heterocycles. The molecule has 0 atom stereocenters. The van der Waals surface area contributed by atoms with Crippen molar-refractivity contribution in [2.24, 2.45) is 0 Å². The number of hydrogen-bond donors (Lipinski definition) is 0. The van der Waals surface area contributed by atoms with Gasteiger partial charge < -0.3 is 19.0 Å². The van der Waals surface area contributed by atoms with Crippen LogP contribution in [-0.4, -0.2) is 11.4 Å². The van der Waals surface area contributed by atoms with Crippen molar-refractivity contribution in [3.63, 3.8) is 0 Å². The number of benzene rings is 7. The monoisotopic (exact) mass is 781 g/mol. The summed E-state index contributed by atoms with van der Waals surface area (Å²) in [6.07, 6.45) is 0. The van der Waals surface area contributed by atoms with Crippen molar-refractivity contribution >= 4 is 68.0 Å². The first-order chi connectivity index (χ1) is 28.6. The van der Waals surface area contributed by atoms with Crippen LogP contribution in [-0.2, 0) is 16.2 Å². The Morgan fingerprint density at radius 1 is 0.500 bits per heavy atom. The van der Waals surface area contributed by atoms with E-state index in [4.69, 9.17) is 4.74 Å². The first-order valence-electron chi connectivity index (χ1n) is 21.6. The number of fused-ring (bicyclic) bond motifs is 10. The minimum atomic E-state index is -0.117. The van der Waals surface area contributed by atoms with Crippen molar-refractivity contribution in [3.05, 3.63) is 156 Å². The van der Waals surface area contributed by atoms with Gasteiger partial charge in [-0.1, -0.05) is 129 Å². The summed E-state index contributed by atoms with van der Waals surface area (Å²) in [6.45, 7) is 22.8. The summed E-state index contributed by atoms with van der Waals surface area (Å²) in [4.78, 5) is 5.22. The summed E-state index contributed by atoms with van der Waals surface area (Å²) >= 11 is 0. The van der Waals surface area contributed by atoms with Gasteiger partial charge in [0.25, 0.3) is 0 Å². The third-order valence-corrected chi connectivity index (χ3v) is 13.2. The smallest absolute Gasteiger partial charge is 0.333 e. The molecule has 0 N–H and O–H groups in total. The lowest BCUT2D eigenvalue weighted by atomic mass is 9.43. The molecule has 0 spiro atoms. The van der Waals surface area contributed by atoms with Gasteiger partial charge in [-0.3, -0.25) is 0 Å². The number of nitrogens with zero attached hydrogens (tertiary/aromatic N) is 3. The molecule has 0 saturated carbocycles. The van der Waals surface area contributed by atoms with Gasteiger partial charge in [-0.2, -0.15) is 0 Å². The van der Waals surface area contributed by atoms with E-state index in [9.17, 15) is 0 Å². The number of anilines is 5. The predicted octanol–water partition coefficient (Wildman–Crippen LogP) is 13.8. The van der Waals surface area contributed by atoms with Crippen molar-refractivity contribution in [2.45, 2.75) is 85.5 Å². The average Bonchev–Trinajstić information content (AvgIpc) is 3.55. The van der Waals surface area contributed by atoms with Crippen LogP contribution in [0, 0.1) is 6.92 Å². The SMILES string of the molecule is Cc1cc2c3c(c1)N(c1ccc(C(C)(C)C)cc1)c1c(ccc4c1c1ccccc1n4-c1ccccc1)B3N1c3ccc(C(C)(C)C)cc3Oc3cc(C(C)(C)C)cc-2c31. The molecular formula is C55H52BN3O. The van der Waals surface area contributed by atoms with E-state index in [0.29, 0.717) is 0 Å². The number of hydrogen-bond acceptors (Lipinski definition) is 3. The molecule has 4 nitrogen and oxygen atoms in total. The summed E-state index contributed by atoms with van der Waals surface area (Å²) < 4.78 is 9.57. The minimum Gasteiger partial charge on any atom is -0.453 e. The zero-order valence-electron chi connectivity index (χ0n) is 36.5. The Morgan fingerprint density at radius 2 is 1.17 bits per heavy atom. The first kappa shape index (κ1) is 36.9. The van der Waals surface area contributed by atoms with E-state index in [-0.39, 0.29) is 23.1 Å². The molecule has 11 rings (SSSR count). The maximum Gasteiger partial charge on any atom is 0.333 e. The summed E-state index contributed by atoms with van der Waals surface area (Å²) in [5.41, 5.74) is 19.5. The molecule has 8 aromatic rings. The molecule has 5 heteroatoms. The molecule has 60 heavy (non-hydrogen) atoms. The molecule has 0 unspecified atom stereocenters. The maximum atomic E-state index is 7.12. The van der Waals surface area contributed by atoms with E-state index in [1.165, 1.54) is 77.5 Å². The van der Waals surface area contributed by atoms with E-state index in [2.05, 4.69) is 217 Å². The Morgan fingerprint density at radius 3 is 1.88 bits per heavy atom. The molecular weight excluding hydrogens is 729 g/mol. The van der Waals surface area contributed by atoms with Crippen LogP contribution in [0.15, 0.2) is 133 Å². The van der Waals surface area contributed by atoms with Crippen molar-refractivity contribution in [2.75, 3.05) is 9.71 Å². The van der Waals surface area contributed by atoms with Crippen LogP contribution in [0.3, 0.4) is 0 Å². The highest BCUT2D eigenvalue weighted by Gasteiger charge is 2.49. The average molecular weight is 782 g/mol. The lowest BCUT2D eigenvalue weighted by molar-refractivity contribution is 0.470. The Balaban J connectivity index is 1.30. The van der Waals surface area contributed by atoms with Crippen molar-refractivity contribution in [1.82, 2.24) is 4.57 Å². The molecule has 0 radical (unpaired) electrons. The highest BCUT2D eigenvalue weighted by Crippen LogP contribution is 2.57. The number of aromatic nitrogens is 1. The van der Waals surface area contributed by atoms with Gasteiger partial charge in [-0.15, -0.1) is 0 Å². The minimum absolute atomic E-state index is 0.0324. The number of rotatable bonds is 2. The van der Waals surface area contributed by atoms with E-state index in [1.807, 2.05) is 0 Å². The van der Waals surface area contributed by atoms with Crippen LogP contribution in [0.5, 0.6) is 11.5 Å². The number of ether oxygens (including phenoxy) is 1. The summed E-state index contributed by atoms with van der Waals surface area (Å²) in [5.74, 6) is 1.83. The zero-order valence-corrected chi connectivity index (χ0v) is 36.5. The normalized spacial score (nSPS) is 14.2. The van der Waals surface area contributed by atoms with Gasteiger partial charge in [0.05, 0.1) is 28.1 Å². The van der Waals surface area contributed by atoms with Crippen LogP contribution in [0.2, 0.25) is 0 Å². The van der Waals surface area contributed by atoms with Crippen LogP contribution in [0.4, 0.5) is 28.4 Å². The second kappa shape index (κ2) is 12.4. The number of para-hydroxylation sites is 2. The van der Waals surface area contributed by atoms with Crippen LogP contribution < -0.4 is 25.4 Å². The summed E-state index contributed by atoms with van der Waals surface area (Å²) in [6, 6.07) is 50.5. The summed E-state index contributed by atoms with van der Waals surface area (Å²) in [7, 11) is 0. The first-order valence-corrected chi connectivity index (χ1v) is 21.6. The Labute approximate surface area is 355 Å². The van der Waals surface area contributed by atoms with Gasteiger partial charge in [0.2, 0.25) is 0 Å². The van der Waals surface area contributed by atoms with Crippen LogP contribution in [0.25, 0.3) is 38.6 Å². The van der Waals surface area contributed by atoms with E-state index < -0.39 is 0 Å². The Hall–Kier alpha value is -6.20. The molecule has 3 aliphatic heterocycles. The fourth-order valence-electron chi connectivity index (χ4n) is 10.1. The number of aryl methyl sites for hydroxylation is 1. The Kier molecular flexibility index (Phi) is 7.63. The van der Waals surface area contributed by atoms with Gasteiger partial charge in [0.15, 0.2) is 5.75 Å². The molecule has 0 amide bonds. The van der Waals surface area contributed by atoms with Crippen LogP contribution in [0.1, 0.15) is 84.6 Å². The van der Waals surface area contributed by atoms with Gasteiger partial charge in [0.1, 0.15) is 5.75 Å². The molecule has 0 fully saturated rings. The lowest BCUT2D eigenvalue weighted by Crippen LogP contribution is -2.62. The summed E-state index contributed by atoms with van der Waals surface area (Å²) in [5, 5.41) is 2.50. The van der Waals surface area contributed by atoms with Crippen LogP contribution >= 0.6 is 0 Å². The van der Waals surface area contributed by atoms with Crippen molar-refractivity contribution < 1.29 is 4.74 Å². The third kappa shape index (κ3) is 5.30. The van der Waals surface area contributed by atoms with E-state index in [1.54, 1.807) is 0 Å². The van der Waals surface area contributed by atoms with E-state index >= 15 is 0 Å². The second-order valence-electron chi connectivity index (χ2n) is 20.4. The van der Waals surface area contributed by atoms with Crippen molar-refractivity contribution in [3.8, 4) is 28.3 Å². The molecule has 7 aromatic carbocycles. The third-order valence-electron chi connectivity index (χ3n) is 13.2. The van der Waals surface area contributed by atoms with E-state index in [0.717, 1.165) is 34.2 Å². The quantitative estimate of drug-likeness (QED) is 0.163. The zero-order chi connectivity index (χ0) is 41.6. The molecule has 296 valence electrons. The maximum absolute atomic E-state index is 7.12. The fourth-order valence-corrected chi connectivity index (χ4v) is 10.1. The highest BCUT2D eigenvalue weighted by atomic mass is 16.5. The molecule has 0 saturated heterocycles. The standard InChI is InChI=1S/C55H52BN3O/c1-33-28-40-41-30-36(55(8,9)10)32-48-51(41)59(44-26-22-35(54(5,6)7)31-47(44)60-48)56-42-25-27-45-49(39-18-14-15-19-43(39)57(45)37-16-12-11-13-17-37)52(42)58(46(29-33)50(40)56)38-23-20-34(21-24-38)53(2,3)4/h11-32H,1-10H3. The fraction of sp³-hybridized carbons (Fsp3) is 0.236. The molecule has 1 aromatic heterocycles. The van der Waals surface area contributed by atoms with Gasteiger partial charge in [-0.25, -0.2) is 0 Å². The molecule has 0 bridgehead atoms. The van der Waals surface area contributed by atoms with Gasteiger partial charge in [0, 0.05) is 33.4 Å². The van der Waals surface area contributed by atoms with Gasteiger partial charge in [-0.05, 0) is 129 Å².